The van der Waals surface area contributed by atoms with Crippen LogP contribution in [0.15, 0.2) is 101 Å². The zero-order valence-corrected chi connectivity index (χ0v) is 22.2. The van der Waals surface area contributed by atoms with Crippen LogP contribution in [0, 0.1) is 0 Å². The van der Waals surface area contributed by atoms with E-state index in [9.17, 15) is 9.59 Å². The summed E-state index contributed by atoms with van der Waals surface area (Å²) in [7, 11) is 0. The van der Waals surface area contributed by atoms with E-state index in [0.717, 1.165) is 0 Å². The summed E-state index contributed by atoms with van der Waals surface area (Å²) in [6.07, 6.45) is 1.50. The van der Waals surface area contributed by atoms with E-state index >= 15 is 0 Å². The smallest absolute Gasteiger partial charge is 0.343 e. The molecule has 7 nitrogen and oxygen atoms in total. The van der Waals surface area contributed by atoms with E-state index in [4.69, 9.17) is 32.7 Å². The Labute approximate surface area is 233 Å². The maximum Gasteiger partial charge on any atom is 0.343 e. The largest absolute Gasteiger partial charge is 0.490 e. The number of fused-ring (bicyclic) bond motifs is 1. The van der Waals surface area contributed by atoms with Gasteiger partial charge in [0.2, 0.25) is 0 Å². The predicted molar refractivity (Wildman–Crippen MR) is 153 cm³/mol. The van der Waals surface area contributed by atoms with Crippen LogP contribution in [0.1, 0.15) is 22.8 Å². The van der Waals surface area contributed by atoms with Crippen LogP contribution in [-0.2, 0) is 0 Å². The number of hydrogen-bond donors (Lipinski definition) is 0. The Balaban J connectivity index is 1.55. The molecule has 0 saturated heterocycles. The normalized spacial score (nSPS) is 11.2. The molecule has 0 saturated carbocycles. The monoisotopic (exact) mass is 557 g/mol. The van der Waals surface area contributed by atoms with Gasteiger partial charge in [-0.15, -0.1) is 0 Å². The van der Waals surface area contributed by atoms with Gasteiger partial charge in [0, 0.05) is 10.6 Å². The van der Waals surface area contributed by atoms with E-state index in [0.29, 0.717) is 50.0 Å². The van der Waals surface area contributed by atoms with Gasteiger partial charge in [-0.25, -0.2) is 9.78 Å². The summed E-state index contributed by atoms with van der Waals surface area (Å²) in [6, 6.07) is 25.6. The fourth-order valence-corrected chi connectivity index (χ4v) is 4.38. The molecule has 0 bridgehead atoms. The lowest BCUT2D eigenvalue weighted by atomic mass is 10.2. The zero-order valence-electron chi connectivity index (χ0n) is 20.7. The standard InChI is InChI=1S/C30H21Cl2N3O4/c1-2-38-27-16-19(12-15-26(27)39-30(37)20-8-4-3-5-9-20)18-33-35-28(22-14-13-21(31)17-24(22)32)34-25-11-7-6-10-23(25)29(35)36/h3-18H,2H2,1H3. The van der Waals surface area contributed by atoms with Crippen LogP contribution in [0.5, 0.6) is 11.5 Å². The minimum Gasteiger partial charge on any atom is -0.490 e. The van der Waals surface area contributed by atoms with Crippen molar-refractivity contribution in [3.63, 3.8) is 0 Å². The van der Waals surface area contributed by atoms with Crippen LogP contribution in [0.2, 0.25) is 10.0 Å². The molecule has 0 aliphatic rings. The lowest BCUT2D eigenvalue weighted by Gasteiger charge is -2.12. The summed E-state index contributed by atoms with van der Waals surface area (Å²) in [5, 5.41) is 5.66. The first kappa shape index (κ1) is 26.2. The lowest BCUT2D eigenvalue weighted by Crippen LogP contribution is -2.20. The van der Waals surface area contributed by atoms with Gasteiger partial charge in [0.25, 0.3) is 5.56 Å². The second-order valence-corrected chi connectivity index (χ2v) is 9.18. The van der Waals surface area contributed by atoms with Crippen LogP contribution in [-0.4, -0.2) is 28.5 Å². The van der Waals surface area contributed by atoms with Crippen LogP contribution < -0.4 is 15.0 Å². The van der Waals surface area contributed by atoms with Crippen LogP contribution in [0.4, 0.5) is 0 Å². The quantitative estimate of drug-likeness (QED) is 0.124. The topological polar surface area (TPSA) is 82.8 Å². The number of esters is 1. The molecule has 9 heteroatoms. The molecular weight excluding hydrogens is 537 g/mol. The molecular formula is C30H21Cl2N3O4. The van der Waals surface area contributed by atoms with Gasteiger partial charge in [0.1, 0.15) is 0 Å². The molecule has 0 atom stereocenters. The molecule has 39 heavy (non-hydrogen) atoms. The number of carbonyl (C=O) groups is 1. The molecule has 0 unspecified atom stereocenters. The molecule has 1 aromatic heterocycles. The summed E-state index contributed by atoms with van der Waals surface area (Å²) >= 11 is 12.6. The highest BCUT2D eigenvalue weighted by Gasteiger charge is 2.16. The average molecular weight is 558 g/mol. The maximum absolute atomic E-state index is 13.5. The Morgan fingerprint density at radius 1 is 0.949 bits per heavy atom. The number of para-hydroxylation sites is 1. The summed E-state index contributed by atoms with van der Waals surface area (Å²) in [4.78, 5) is 30.7. The van der Waals surface area contributed by atoms with E-state index in [-0.39, 0.29) is 17.1 Å². The van der Waals surface area contributed by atoms with Gasteiger partial charge in [0.15, 0.2) is 17.3 Å². The SMILES string of the molecule is CCOc1cc(C=Nn2c(-c3ccc(Cl)cc3Cl)nc3ccccc3c2=O)ccc1OC(=O)c1ccccc1. The summed E-state index contributed by atoms with van der Waals surface area (Å²) in [5.41, 5.74) is 1.67. The van der Waals surface area contributed by atoms with Crippen molar-refractivity contribution in [2.75, 3.05) is 6.61 Å². The molecule has 5 rings (SSSR count). The van der Waals surface area contributed by atoms with Crippen molar-refractivity contribution in [2.45, 2.75) is 6.92 Å². The molecule has 4 aromatic carbocycles. The second-order valence-electron chi connectivity index (χ2n) is 8.33. The van der Waals surface area contributed by atoms with Crippen molar-refractivity contribution in [1.82, 2.24) is 9.66 Å². The van der Waals surface area contributed by atoms with Crippen molar-refractivity contribution in [2.24, 2.45) is 5.10 Å². The molecule has 0 aliphatic carbocycles. The number of ether oxygens (including phenoxy) is 2. The molecule has 1 heterocycles. The number of nitrogens with zero attached hydrogens (tertiary/aromatic N) is 3. The third-order valence-electron chi connectivity index (χ3n) is 5.73. The molecule has 5 aromatic rings. The third-order valence-corrected chi connectivity index (χ3v) is 6.28. The molecule has 0 amide bonds. The highest BCUT2D eigenvalue weighted by Crippen LogP contribution is 2.31. The minimum absolute atomic E-state index is 0.259. The molecule has 0 N–H and O–H groups in total. The Morgan fingerprint density at radius 3 is 2.49 bits per heavy atom. The van der Waals surface area contributed by atoms with Crippen molar-refractivity contribution in [3.05, 3.63) is 123 Å². The number of aromatic nitrogens is 2. The molecule has 0 aliphatic heterocycles. The zero-order chi connectivity index (χ0) is 27.4. The van der Waals surface area contributed by atoms with Gasteiger partial charge in [-0.1, -0.05) is 53.5 Å². The highest BCUT2D eigenvalue weighted by molar-refractivity contribution is 6.36. The number of hydrogen-bond acceptors (Lipinski definition) is 6. The number of rotatable bonds is 7. The first-order chi connectivity index (χ1) is 18.9. The molecule has 0 spiro atoms. The van der Waals surface area contributed by atoms with Crippen LogP contribution in [0.25, 0.3) is 22.3 Å². The van der Waals surface area contributed by atoms with Gasteiger partial charge in [-0.05, 0) is 73.2 Å². The average Bonchev–Trinajstić information content (AvgIpc) is 2.94. The predicted octanol–water partition coefficient (Wildman–Crippen LogP) is 6.87. The maximum atomic E-state index is 13.5. The molecule has 0 fully saturated rings. The van der Waals surface area contributed by atoms with Gasteiger partial charge in [-0.3, -0.25) is 4.79 Å². The van der Waals surface area contributed by atoms with E-state index in [1.54, 1.807) is 84.9 Å². The fraction of sp³-hybridized carbons (Fsp3) is 0.0667. The minimum atomic E-state index is -0.503. The second kappa shape index (κ2) is 11.5. The van der Waals surface area contributed by atoms with Crippen molar-refractivity contribution >= 4 is 46.3 Å². The van der Waals surface area contributed by atoms with Crippen LogP contribution in [0.3, 0.4) is 0 Å². The van der Waals surface area contributed by atoms with E-state index < -0.39 is 5.97 Å². The Kier molecular flexibility index (Phi) is 7.72. The number of benzene rings is 4. The van der Waals surface area contributed by atoms with E-state index in [1.807, 2.05) is 13.0 Å². The van der Waals surface area contributed by atoms with E-state index in [2.05, 4.69) is 10.1 Å². The highest BCUT2D eigenvalue weighted by atomic mass is 35.5. The molecule has 194 valence electrons. The van der Waals surface area contributed by atoms with Crippen molar-refractivity contribution in [3.8, 4) is 22.9 Å². The summed E-state index contributed by atoms with van der Waals surface area (Å²) < 4.78 is 12.5. The first-order valence-electron chi connectivity index (χ1n) is 12.0. The fourth-order valence-electron chi connectivity index (χ4n) is 3.89. The lowest BCUT2D eigenvalue weighted by molar-refractivity contribution is 0.0728. The summed E-state index contributed by atoms with van der Waals surface area (Å²) in [6.45, 7) is 2.18. The Morgan fingerprint density at radius 2 is 1.72 bits per heavy atom. The van der Waals surface area contributed by atoms with Gasteiger partial charge in [0.05, 0.1) is 34.3 Å². The Bertz CT molecular complexity index is 1770. The van der Waals surface area contributed by atoms with Crippen molar-refractivity contribution in [1.29, 1.82) is 0 Å². The molecule has 0 radical (unpaired) electrons. The van der Waals surface area contributed by atoms with Gasteiger partial charge >= 0.3 is 5.97 Å². The Hall–Kier alpha value is -4.46. The van der Waals surface area contributed by atoms with Gasteiger partial charge < -0.3 is 9.47 Å². The van der Waals surface area contributed by atoms with Crippen molar-refractivity contribution < 1.29 is 14.3 Å². The van der Waals surface area contributed by atoms with Crippen LogP contribution >= 0.6 is 23.2 Å². The number of halogens is 2. The van der Waals surface area contributed by atoms with E-state index in [1.165, 1.54) is 10.9 Å². The first-order valence-corrected chi connectivity index (χ1v) is 12.8. The summed E-state index contributed by atoms with van der Waals surface area (Å²) in [5.74, 6) is 0.378. The number of carbonyl (C=O) groups excluding carboxylic acids is 1. The third kappa shape index (κ3) is 5.70. The van der Waals surface area contributed by atoms with Gasteiger partial charge in [-0.2, -0.15) is 9.78 Å².